The summed E-state index contributed by atoms with van der Waals surface area (Å²) in [6.07, 6.45) is 0. The summed E-state index contributed by atoms with van der Waals surface area (Å²) in [5.41, 5.74) is 0. The molecule has 1 aromatic heterocycles. The van der Waals surface area contributed by atoms with Crippen LogP contribution in [0.15, 0.2) is 16.5 Å². The highest BCUT2D eigenvalue weighted by Gasteiger charge is 2.14. The van der Waals surface area contributed by atoms with Crippen LogP contribution in [0.25, 0.3) is 0 Å². The Morgan fingerprint density at radius 2 is 1.94 bits per heavy atom. The van der Waals surface area contributed by atoms with Crippen LogP contribution in [0.1, 0.15) is 25.4 Å². The van der Waals surface area contributed by atoms with Gasteiger partial charge in [0, 0.05) is 12.6 Å². The number of hydrogen-bond donors (Lipinski definition) is 1. The van der Waals surface area contributed by atoms with Gasteiger partial charge in [-0.05, 0) is 46.7 Å². The predicted molar refractivity (Wildman–Crippen MR) is 75.6 cm³/mol. The van der Waals surface area contributed by atoms with Crippen LogP contribution in [0.3, 0.4) is 0 Å². The molecule has 0 aliphatic carbocycles. The molecule has 0 saturated heterocycles. The van der Waals surface area contributed by atoms with Crippen molar-refractivity contribution in [2.75, 3.05) is 34.2 Å². The highest BCUT2D eigenvalue weighted by atomic mass is 16.3. The van der Waals surface area contributed by atoms with Crippen molar-refractivity contribution in [1.82, 2.24) is 15.1 Å². The van der Waals surface area contributed by atoms with Gasteiger partial charge in [-0.15, -0.1) is 0 Å². The molecule has 1 atom stereocenters. The Labute approximate surface area is 111 Å². The van der Waals surface area contributed by atoms with Crippen LogP contribution in [0.2, 0.25) is 0 Å². The van der Waals surface area contributed by atoms with Crippen LogP contribution < -0.4 is 5.32 Å². The first-order valence-electron chi connectivity index (χ1n) is 6.67. The Kier molecular flexibility index (Phi) is 6.39. The van der Waals surface area contributed by atoms with E-state index in [0.29, 0.717) is 6.04 Å². The van der Waals surface area contributed by atoms with Gasteiger partial charge in [0.2, 0.25) is 0 Å². The summed E-state index contributed by atoms with van der Waals surface area (Å²) in [6, 6.07) is 4.66. The van der Waals surface area contributed by atoms with Crippen molar-refractivity contribution in [3.63, 3.8) is 0 Å². The first-order valence-corrected chi connectivity index (χ1v) is 6.67. The first-order chi connectivity index (χ1) is 8.56. The fourth-order valence-corrected chi connectivity index (χ4v) is 2.20. The highest BCUT2D eigenvalue weighted by molar-refractivity contribution is 5.07. The largest absolute Gasteiger partial charge is 0.463 e. The van der Waals surface area contributed by atoms with Crippen LogP contribution in [-0.2, 0) is 13.1 Å². The van der Waals surface area contributed by atoms with E-state index in [0.717, 1.165) is 37.7 Å². The van der Waals surface area contributed by atoms with Crippen molar-refractivity contribution in [3.8, 4) is 0 Å². The number of nitrogens with zero attached hydrogens (tertiary/aromatic N) is 2. The zero-order valence-electron chi connectivity index (χ0n) is 12.4. The van der Waals surface area contributed by atoms with Crippen molar-refractivity contribution >= 4 is 0 Å². The van der Waals surface area contributed by atoms with Gasteiger partial charge < -0.3 is 14.6 Å². The van der Waals surface area contributed by atoms with Crippen molar-refractivity contribution in [2.45, 2.75) is 33.0 Å². The first kappa shape index (κ1) is 15.2. The average molecular weight is 253 g/mol. The van der Waals surface area contributed by atoms with Gasteiger partial charge in [-0.1, -0.05) is 6.92 Å². The lowest BCUT2D eigenvalue weighted by Crippen LogP contribution is -2.39. The number of hydrogen-bond acceptors (Lipinski definition) is 4. The Morgan fingerprint density at radius 1 is 1.28 bits per heavy atom. The van der Waals surface area contributed by atoms with Gasteiger partial charge in [-0.25, -0.2) is 0 Å². The van der Waals surface area contributed by atoms with E-state index in [-0.39, 0.29) is 0 Å². The molecule has 0 saturated carbocycles. The smallest absolute Gasteiger partial charge is 0.118 e. The minimum atomic E-state index is 0.530. The zero-order valence-corrected chi connectivity index (χ0v) is 12.4. The predicted octanol–water partition coefficient (Wildman–Crippen LogP) is 1.77. The van der Waals surface area contributed by atoms with Gasteiger partial charge in [0.05, 0.1) is 13.1 Å². The summed E-state index contributed by atoms with van der Waals surface area (Å²) in [4.78, 5) is 4.66. The van der Waals surface area contributed by atoms with E-state index in [1.807, 2.05) is 7.05 Å². The monoisotopic (exact) mass is 253 g/mol. The molecular formula is C14H27N3O. The molecular weight excluding hydrogens is 226 g/mol. The normalized spacial score (nSPS) is 13.5. The second kappa shape index (κ2) is 7.56. The standard InChI is InChI=1S/C14H27N3O/c1-6-17(12(2)10-16(4)5)11-14-8-7-13(18-14)9-15-3/h7-8,12,15H,6,9-11H2,1-5H3. The third kappa shape index (κ3) is 4.80. The molecule has 0 spiro atoms. The summed E-state index contributed by atoms with van der Waals surface area (Å²) in [5.74, 6) is 2.05. The van der Waals surface area contributed by atoms with Crippen LogP contribution in [0.5, 0.6) is 0 Å². The third-order valence-electron chi connectivity index (χ3n) is 3.09. The molecule has 1 N–H and O–H groups in total. The Balaban J connectivity index is 2.55. The summed E-state index contributed by atoms with van der Waals surface area (Å²) >= 11 is 0. The van der Waals surface area contributed by atoms with Crippen molar-refractivity contribution in [2.24, 2.45) is 0 Å². The third-order valence-corrected chi connectivity index (χ3v) is 3.09. The van der Waals surface area contributed by atoms with Gasteiger partial charge in [0.1, 0.15) is 11.5 Å². The summed E-state index contributed by atoms with van der Waals surface area (Å²) < 4.78 is 5.79. The fourth-order valence-electron chi connectivity index (χ4n) is 2.20. The quantitative estimate of drug-likeness (QED) is 0.765. The second-order valence-corrected chi connectivity index (χ2v) is 5.07. The van der Waals surface area contributed by atoms with E-state index >= 15 is 0 Å². The van der Waals surface area contributed by atoms with Crippen LogP contribution in [-0.4, -0.2) is 50.1 Å². The molecule has 1 unspecified atom stereocenters. The van der Waals surface area contributed by atoms with Gasteiger partial charge >= 0.3 is 0 Å². The van der Waals surface area contributed by atoms with Crippen LogP contribution >= 0.6 is 0 Å². The molecule has 4 heteroatoms. The Bertz CT molecular complexity index is 336. The van der Waals surface area contributed by atoms with Crippen LogP contribution in [0, 0.1) is 0 Å². The lowest BCUT2D eigenvalue weighted by atomic mass is 10.2. The molecule has 0 bridgehead atoms. The van der Waals surface area contributed by atoms with E-state index in [1.54, 1.807) is 0 Å². The molecule has 4 nitrogen and oxygen atoms in total. The molecule has 0 aromatic carbocycles. The van der Waals surface area contributed by atoms with E-state index in [1.165, 1.54) is 0 Å². The van der Waals surface area contributed by atoms with Crippen LogP contribution in [0.4, 0.5) is 0 Å². The minimum absolute atomic E-state index is 0.530. The molecule has 0 amide bonds. The summed E-state index contributed by atoms with van der Waals surface area (Å²) in [5, 5.41) is 3.10. The maximum atomic E-state index is 5.79. The highest BCUT2D eigenvalue weighted by Crippen LogP contribution is 2.12. The lowest BCUT2D eigenvalue weighted by Gasteiger charge is -2.29. The Morgan fingerprint density at radius 3 is 2.50 bits per heavy atom. The number of nitrogens with one attached hydrogen (secondary N) is 1. The molecule has 104 valence electrons. The second-order valence-electron chi connectivity index (χ2n) is 5.07. The van der Waals surface area contributed by atoms with Gasteiger partial charge in [-0.2, -0.15) is 0 Å². The van der Waals surface area contributed by atoms with E-state index in [2.05, 4.69) is 55.2 Å². The van der Waals surface area contributed by atoms with Crippen molar-refractivity contribution in [1.29, 1.82) is 0 Å². The molecule has 0 aliphatic rings. The molecule has 0 aliphatic heterocycles. The number of likely N-dealkylation sites (N-methyl/N-ethyl adjacent to an activating group) is 2. The van der Waals surface area contributed by atoms with Gasteiger partial charge in [-0.3, -0.25) is 4.90 Å². The average Bonchev–Trinajstić information content (AvgIpc) is 2.73. The molecule has 1 heterocycles. The van der Waals surface area contributed by atoms with E-state index in [9.17, 15) is 0 Å². The minimum Gasteiger partial charge on any atom is -0.463 e. The molecule has 18 heavy (non-hydrogen) atoms. The van der Waals surface area contributed by atoms with E-state index in [4.69, 9.17) is 4.42 Å². The number of furan rings is 1. The fraction of sp³-hybridized carbons (Fsp3) is 0.714. The summed E-state index contributed by atoms with van der Waals surface area (Å²) in [6.45, 7) is 8.24. The molecule has 1 aromatic rings. The topological polar surface area (TPSA) is 31.6 Å². The van der Waals surface area contributed by atoms with Crippen molar-refractivity contribution < 1.29 is 4.42 Å². The Hall–Kier alpha value is -0.840. The van der Waals surface area contributed by atoms with Gasteiger partial charge in [0.25, 0.3) is 0 Å². The van der Waals surface area contributed by atoms with Gasteiger partial charge in [0.15, 0.2) is 0 Å². The number of rotatable bonds is 8. The molecule has 0 fully saturated rings. The zero-order chi connectivity index (χ0) is 13.5. The maximum Gasteiger partial charge on any atom is 0.118 e. The molecule has 1 rings (SSSR count). The van der Waals surface area contributed by atoms with E-state index < -0.39 is 0 Å². The lowest BCUT2D eigenvalue weighted by molar-refractivity contribution is 0.162. The SMILES string of the molecule is CCN(Cc1ccc(CNC)o1)C(C)CN(C)C. The maximum absolute atomic E-state index is 5.79. The molecule has 0 radical (unpaired) electrons. The van der Waals surface area contributed by atoms with Crippen molar-refractivity contribution in [3.05, 3.63) is 23.7 Å². The summed E-state index contributed by atoms with van der Waals surface area (Å²) in [7, 11) is 6.16.